The number of rotatable bonds is 3. The van der Waals surface area contributed by atoms with Crippen molar-refractivity contribution in [2.24, 2.45) is 4.99 Å². The van der Waals surface area contributed by atoms with E-state index in [1.807, 2.05) is 0 Å². The van der Waals surface area contributed by atoms with E-state index in [4.69, 9.17) is 9.73 Å². The Labute approximate surface area is 174 Å². The van der Waals surface area contributed by atoms with Gasteiger partial charge in [-0.15, -0.1) is 28.3 Å². The molecule has 3 aromatic rings. The highest BCUT2D eigenvalue weighted by atomic mass is 79.9. The van der Waals surface area contributed by atoms with Crippen LogP contribution in [0.1, 0.15) is 11.1 Å². The standard InChI is InChI=1S/C21H23N3OS.BrH/c1-16-3-7-18(8-4-16)20-15-26-21(22-19-9-5-17(2)6-10-19)24(20)23-11-13-25-14-12-23;/h3-10,15H,11-14H2,1-2H3;1H. The molecule has 0 N–H and O–H groups in total. The van der Waals surface area contributed by atoms with Crippen LogP contribution in [0.25, 0.3) is 11.3 Å². The van der Waals surface area contributed by atoms with Gasteiger partial charge in [0.15, 0.2) is 0 Å². The molecule has 0 spiro atoms. The molecule has 2 heterocycles. The van der Waals surface area contributed by atoms with Gasteiger partial charge in [-0.3, -0.25) is 0 Å². The fourth-order valence-corrected chi connectivity index (χ4v) is 3.98. The molecule has 1 saturated heterocycles. The molecule has 27 heavy (non-hydrogen) atoms. The maximum absolute atomic E-state index is 5.55. The molecule has 0 radical (unpaired) electrons. The van der Waals surface area contributed by atoms with Gasteiger partial charge in [0.05, 0.1) is 37.7 Å². The quantitative estimate of drug-likeness (QED) is 0.588. The van der Waals surface area contributed by atoms with Crippen LogP contribution in [0, 0.1) is 13.8 Å². The van der Waals surface area contributed by atoms with E-state index in [-0.39, 0.29) is 17.0 Å². The van der Waals surface area contributed by atoms with Crippen LogP contribution in [-0.2, 0) is 4.74 Å². The third-order valence-corrected chi connectivity index (χ3v) is 5.38. The predicted molar refractivity (Wildman–Crippen MR) is 118 cm³/mol. The molecule has 0 saturated carbocycles. The van der Waals surface area contributed by atoms with Crippen molar-refractivity contribution in [1.82, 2.24) is 4.68 Å². The summed E-state index contributed by atoms with van der Waals surface area (Å²) in [6.45, 7) is 7.46. The number of ether oxygens (including phenoxy) is 1. The van der Waals surface area contributed by atoms with Crippen molar-refractivity contribution < 1.29 is 4.74 Å². The molecule has 1 aliphatic heterocycles. The molecule has 0 bridgehead atoms. The highest BCUT2D eigenvalue weighted by Crippen LogP contribution is 2.22. The fraction of sp³-hybridized carbons (Fsp3) is 0.286. The zero-order chi connectivity index (χ0) is 17.9. The minimum Gasteiger partial charge on any atom is -0.378 e. The smallest absolute Gasteiger partial charge is 0.209 e. The second-order valence-corrected chi connectivity index (χ2v) is 7.43. The molecule has 1 aromatic heterocycles. The Morgan fingerprint density at radius 1 is 0.889 bits per heavy atom. The van der Waals surface area contributed by atoms with Crippen LogP contribution in [0.4, 0.5) is 5.69 Å². The van der Waals surface area contributed by atoms with Crippen molar-refractivity contribution in [3.05, 3.63) is 69.8 Å². The van der Waals surface area contributed by atoms with Crippen molar-refractivity contribution in [2.75, 3.05) is 31.3 Å². The molecule has 6 heteroatoms. The van der Waals surface area contributed by atoms with Gasteiger partial charge in [0.1, 0.15) is 0 Å². The van der Waals surface area contributed by atoms with Gasteiger partial charge in [-0.05, 0) is 26.0 Å². The van der Waals surface area contributed by atoms with Crippen LogP contribution in [0.5, 0.6) is 0 Å². The molecule has 142 valence electrons. The Balaban J connectivity index is 0.00000210. The Bertz CT molecular complexity index is 939. The van der Waals surface area contributed by atoms with Crippen LogP contribution < -0.4 is 9.81 Å². The van der Waals surface area contributed by atoms with Gasteiger partial charge in [-0.2, -0.15) is 0 Å². The van der Waals surface area contributed by atoms with Crippen molar-refractivity contribution in [3.63, 3.8) is 0 Å². The molecule has 1 fully saturated rings. The lowest BCUT2D eigenvalue weighted by Crippen LogP contribution is -2.48. The van der Waals surface area contributed by atoms with E-state index < -0.39 is 0 Å². The molecule has 0 unspecified atom stereocenters. The summed E-state index contributed by atoms with van der Waals surface area (Å²) >= 11 is 1.68. The van der Waals surface area contributed by atoms with E-state index in [0.717, 1.165) is 36.8 Å². The zero-order valence-electron chi connectivity index (χ0n) is 15.6. The van der Waals surface area contributed by atoms with E-state index in [9.17, 15) is 0 Å². The number of thiazole rings is 1. The first-order valence-corrected chi connectivity index (χ1v) is 9.81. The summed E-state index contributed by atoms with van der Waals surface area (Å²) in [5, 5.41) is 4.54. The Morgan fingerprint density at radius 2 is 1.48 bits per heavy atom. The van der Waals surface area contributed by atoms with E-state index in [2.05, 4.69) is 77.4 Å². The average molecular weight is 446 g/mol. The Morgan fingerprint density at radius 3 is 2.11 bits per heavy atom. The maximum atomic E-state index is 5.55. The van der Waals surface area contributed by atoms with Gasteiger partial charge in [0.2, 0.25) is 4.80 Å². The Kier molecular flexibility index (Phi) is 6.52. The van der Waals surface area contributed by atoms with Gasteiger partial charge >= 0.3 is 0 Å². The highest BCUT2D eigenvalue weighted by Gasteiger charge is 2.17. The van der Waals surface area contributed by atoms with Crippen LogP contribution in [0.2, 0.25) is 0 Å². The second-order valence-electron chi connectivity index (χ2n) is 6.59. The second kappa shape index (κ2) is 8.87. The molecule has 0 atom stereocenters. The van der Waals surface area contributed by atoms with Crippen molar-refractivity contribution in [3.8, 4) is 11.3 Å². The molecule has 4 rings (SSSR count). The van der Waals surface area contributed by atoms with Crippen molar-refractivity contribution >= 4 is 34.0 Å². The highest BCUT2D eigenvalue weighted by molar-refractivity contribution is 8.93. The third kappa shape index (κ3) is 4.51. The van der Waals surface area contributed by atoms with Crippen molar-refractivity contribution in [2.45, 2.75) is 13.8 Å². The monoisotopic (exact) mass is 445 g/mol. The largest absolute Gasteiger partial charge is 0.378 e. The van der Waals surface area contributed by atoms with E-state index >= 15 is 0 Å². The fourth-order valence-electron chi connectivity index (χ4n) is 3.06. The van der Waals surface area contributed by atoms with Crippen LogP contribution in [-0.4, -0.2) is 31.0 Å². The lowest BCUT2D eigenvalue weighted by molar-refractivity contribution is 0.111. The van der Waals surface area contributed by atoms with Crippen LogP contribution in [0.3, 0.4) is 0 Å². The number of benzene rings is 2. The number of hydrogen-bond acceptors (Lipinski definition) is 4. The molecule has 2 aromatic carbocycles. The molecule has 1 aliphatic rings. The predicted octanol–water partition coefficient (Wildman–Crippen LogP) is 4.61. The summed E-state index contributed by atoms with van der Waals surface area (Å²) in [6.07, 6.45) is 0. The minimum absolute atomic E-state index is 0. The zero-order valence-corrected chi connectivity index (χ0v) is 18.1. The first-order chi connectivity index (χ1) is 12.7. The average Bonchev–Trinajstić information content (AvgIpc) is 3.08. The summed E-state index contributed by atoms with van der Waals surface area (Å²) in [5.41, 5.74) is 5.89. The van der Waals surface area contributed by atoms with Crippen LogP contribution >= 0.6 is 28.3 Å². The topological polar surface area (TPSA) is 29.8 Å². The number of morpholine rings is 1. The lowest BCUT2D eigenvalue weighted by Gasteiger charge is -2.31. The van der Waals surface area contributed by atoms with Crippen LogP contribution in [0.15, 0.2) is 58.9 Å². The summed E-state index contributed by atoms with van der Waals surface area (Å²) in [5.74, 6) is 0. The third-order valence-electron chi connectivity index (χ3n) is 4.56. The van der Waals surface area contributed by atoms with E-state index in [1.165, 1.54) is 22.4 Å². The number of nitrogens with zero attached hydrogens (tertiary/aromatic N) is 3. The maximum Gasteiger partial charge on any atom is 0.209 e. The first-order valence-electron chi connectivity index (χ1n) is 8.93. The van der Waals surface area contributed by atoms with Gasteiger partial charge in [-0.1, -0.05) is 47.5 Å². The SMILES string of the molecule is Br.Cc1ccc(N=c2scc(-c3ccc(C)cc3)n2N2CCOCC2)cc1. The molecule has 4 nitrogen and oxygen atoms in total. The number of hydrogen-bond donors (Lipinski definition) is 0. The molecule has 0 amide bonds. The molecule has 0 aliphatic carbocycles. The summed E-state index contributed by atoms with van der Waals surface area (Å²) in [4.78, 5) is 5.91. The number of aryl methyl sites for hydroxylation is 2. The van der Waals surface area contributed by atoms with Gasteiger partial charge in [0, 0.05) is 10.9 Å². The number of halogens is 1. The van der Waals surface area contributed by atoms with Gasteiger partial charge in [-0.25, -0.2) is 9.67 Å². The molecular weight excluding hydrogens is 422 g/mol. The van der Waals surface area contributed by atoms with Gasteiger partial charge < -0.3 is 9.75 Å². The summed E-state index contributed by atoms with van der Waals surface area (Å²) in [7, 11) is 0. The lowest BCUT2D eigenvalue weighted by atomic mass is 10.1. The molecular formula is C21H24BrN3OS. The summed E-state index contributed by atoms with van der Waals surface area (Å²) < 4.78 is 7.81. The van der Waals surface area contributed by atoms with Crippen molar-refractivity contribution in [1.29, 1.82) is 0 Å². The van der Waals surface area contributed by atoms with Gasteiger partial charge in [0.25, 0.3) is 0 Å². The normalized spacial score (nSPS) is 14.9. The summed E-state index contributed by atoms with van der Waals surface area (Å²) in [6, 6.07) is 17.0. The Hall–Kier alpha value is -1.89. The minimum atomic E-state index is 0. The van der Waals surface area contributed by atoms with E-state index in [0.29, 0.717) is 0 Å². The first kappa shape index (κ1) is 19.9. The van der Waals surface area contributed by atoms with E-state index in [1.54, 1.807) is 11.3 Å². The number of aromatic nitrogens is 1.